The van der Waals surface area contributed by atoms with Crippen molar-refractivity contribution in [2.75, 3.05) is 11.5 Å². The summed E-state index contributed by atoms with van der Waals surface area (Å²) in [6, 6.07) is 0. The minimum Gasteiger partial charge on any atom is -0.245 e. The van der Waals surface area contributed by atoms with Crippen molar-refractivity contribution in [1.82, 2.24) is 29.2 Å². The van der Waals surface area contributed by atoms with Crippen molar-refractivity contribution < 1.29 is 0 Å². The molecule has 0 N–H and O–H groups in total. The van der Waals surface area contributed by atoms with Gasteiger partial charge in [-0.25, -0.2) is 8.80 Å². The molecule has 0 aliphatic heterocycles. The smallest absolute Gasteiger partial charge is 0.245 e. The van der Waals surface area contributed by atoms with Crippen LogP contribution in [0.4, 0.5) is 0 Å². The number of thioether (sulfide) groups is 2. The Bertz CT molecular complexity index is 1400. The summed E-state index contributed by atoms with van der Waals surface area (Å²) < 4.78 is 4.32. The standard InChI is InChI=1S/C24H30N6S3/c1-13(2)11-31-22-27-25-19-18-16-9-8-15(24(5,6)7)10-17(16)33-20(18)30-21(29(19)22)26-28-23(30)32-12-14(3)4/h15H,1,3,8-12H2,2,4-7H3. The first-order valence-electron chi connectivity index (χ1n) is 11.3. The van der Waals surface area contributed by atoms with Gasteiger partial charge < -0.3 is 0 Å². The number of thiophene rings is 1. The molecule has 0 saturated heterocycles. The number of hydrogen-bond acceptors (Lipinski definition) is 7. The highest BCUT2D eigenvalue weighted by Crippen LogP contribution is 2.45. The second kappa shape index (κ2) is 8.43. The third-order valence-electron chi connectivity index (χ3n) is 6.24. The minimum atomic E-state index is 0.304. The first kappa shape index (κ1) is 22.9. The van der Waals surface area contributed by atoms with Gasteiger partial charge in [-0.2, -0.15) is 0 Å². The lowest BCUT2D eigenvalue weighted by Gasteiger charge is -2.33. The molecule has 0 aromatic carbocycles. The SMILES string of the molecule is C=C(C)CSc1nnc2c3c4c(sc3n3c(SCC(=C)C)nnc3n12)CC(C(C)(C)C)CC4. The first-order chi connectivity index (χ1) is 15.6. The van der Waals surface area contributed by atoms with Gasteiger partial charge in [-0.15, -0.1) is 31.7 Å². The number of aryl methyl sites for hydroxylation is 1. The Kier molecular flexibility index (Phi) is 5.86. The van der Waals surface area contributed by atoms with Crippen molar-refractivity contribution in [2.24, 2.45) is 11.3 Å². The molecule has 0 amide bonds. The van der Waals surface area contributed by atoms with Gasteiger partial charge in [-0.1, -0.05) is 68.6 Å². The lowest BCUT2D eigenvalue weighted by Crippen LogP contribution is -2.26. The molecule has 4 heterocycles. The van der Waals surface area contributed by atoms with Crippen LogP contribution in [0.5, 0.6) is 0 Å². The quantitative estimate of drug-likeness (QED) is 0.224. The van der Waals surface area contributed by atoms with Crippen LogP contribution >= 0.6 is 34.9 Å². The predicted octanol–water partition coefficient (Wildman–Crippen LogP) is 6.47. The van der Waals surface area contributed by atoms with Crippen LogP contribution in [0.2, 0.25) is 0 Å². The Balaban J connectivity index is 1.77. The molecular weight excluding hydrogens is 469 g/mol. The number of hydrogen-bond donors (Lipinski definition) is 0. The van der Waals surface area contributed by atoms with E-state index in [1.165, 1.54) is 27.1 Å². The highest BCUT2D eigenvalue weighted by atomic mass is 32.2. The normalized spacial score (nSPS) is 16.7. The summed E-state index contributed by atoms with van der Waals surface area (Å²) in [5.74, 6) is 3.08. The zero-order valence-electron chi connectivity index (χ0n) is 19.9. The fraction of sp³-hybridized carbons (Fsp3) is 0.500. The molecule has 6 nitrogen and oxygen atoms in total. The fourth-order valence-electron chi connectivity index (χ4n) is 4.46. The maximum Gasteiger partial charge on any atom is 0.245 e. The van der Waals surface area contributed by atoms with Gasteiger partial charge in [0.1, 0.15) is 4.83 Å². The maximum atomic E-state index is 4.67. The van der Waals surface area contributed by atoms with Crippen LogP contribution in [0.1, 0.15) is 51.5 Å². The van der Waals surface area contributed by atoms with Gasteiger partial charge in [-0.3, -0.25) is 0 Å². The van der Waals surface area contributed by atoms with E-state index in [9.17, 15) is 0 Å². The number of rotatable bonds is 6. The summed E-state index contributed by atoms with van der Waals surface area (Å²) in [4.78, 5) is 2.67. The van der Waals surface area contributed by atoms with Gasteiger partial charge in [0.2, 0.25) is 5.78 Å². The Morgan fingerprint density at radius 1 is 1.00 bits per heavy atom. The second-order valence-corrected chi connectivity index (χ2v) is 13.2. The molecule has 0 bridgehead atoms. The maximum absolute atomic E-state index is 4.67. The lowest BCUT2D eigenvalue weighted by atomic mass is 9.72. The molecule has 1 atom stereocenters. The monoisotopic (exact) mass is 498 g/mol. The van der Waals surface area contributed by atoms with Gasteiger partial charge >= 0.3 is 0 Å². The number of aromatic nitrogens is 6. The van der Waals surface area contributed by atoms with E-state index in [1.807, 2.05) is 25.2 Å². The van der Waals surface area contributed by atoms with Gasteiger partial charge in [0, 0.05) is 16.4 Å². The van der Waals surface area contributed by atoms with Crippen LogP contribution in [0, 0.1) is 11.3 Å². The first-order valence-corrected chi connectivity index (χ1v) is 14.0. The molecule has 1 aliphatic rings. The molecule has 1 aliphatic carbocycles. The van der Waals surface area contributed by atoms with Gasteiger partial charge in [0.25, 0.3) is 0 Å². The van der Waals surface area contributed by atoms with Crippen molar-refractivity contribution in [3.8, 4) is 0 Å². The third kappa shape index (κ3) is 4.02. The number of nitrogens with zero attached hydrogens (tertiary/aromatic N) is 6. The molecule has 4 aromatic heterocycles. The molecule has 0 saturated carbocycles. The summed E-state index contributed by atoms with van der Waals surface area (Å²) in [5, 5.41) is 21.4. The molecule has 0 radical (unpaired) electrons. The highest BCUT2D eigenvalue weighted by Gasteiger charge is 2.33. The van der Waals surface area contributed by atoms with Crippen molar-refractivity contribution in [2.45, 2.75) is 64.2 Å². The van der Waals surface area contributed by atoms with Crippen LogP contribution in [0.3, 0.4) is 0 Å². The average Bonchev–Trinajstić information content (AvgIpc) is 3.43. The predicted molar refractivity (Wildman–Crippen MR) is 141 cm³/mol. The van der Waals surface area contributed by atoms with E-state index in [1.54, 1.807) is 23.5 Å². The van der Waals surface area contributed by atoms with Crippen LogP contribution in [0.25, 0.3) is 21.6 Å². The molecule has 174 valence electrons. The Morgan fingerprint density at radius 3 is 2.27 bits per heavy atom. The van der Waals surface area contributed by atoms with Gasteiger partial charge in [0.15, 0.2) is 16.0 Å². The summed E-state index contributed by atoms with van der Waals surface area (Å²) in [6.07, 6.45) is 3.40. The van der Waals surface area contributed by atoms with E-state index in [-0.39, 0.29) is 0 Å². The van der Waals surface area contributed by atoms with E-state index in [0.717, 1.165) is 57.2 Å². The summed E-state index contributed by atoms with van der Waals surface area (Å²) >= 11 is 5.23. The topological polar surface area (TPSA) is 60.4 Å². The molecule has 33 heavy (non-hydrogen) atoms. The van der Waals surface area contributed by atoms with E-state index >= 15 is 0 Å². The Labute approximate surface area is 207 Å². The van der Waals surface area contributed by atoms with Crippen molar-refractivity contribution >= 4 is 56.5 Å². The Morgan fingerprint density at radius 2 is 1.64 bits per heavy atom. The van der Waals surface area contributed by atoms with Crippen LogP contribution in [0.15, 0.2) is 34.6 Å². The van der Waals surface area contributed by atoms with E-state index in [2.05, 4.69) is 63.1 Å². The summed E-state index contributed by atoms with van der Waals surface area (Å²) in [6.45, 7) is 19.3. The van der Waals surface area contributed by atoms with Gasteiger partial charge in [0.05, 0.1) is 5.39 Å². The summed E-state index contributed by atoms with van der Waals surface area (Å²) in [5.41, 5.74) is 4.87. The van der Waals surface area contributed by atoms with Crippen molar-refractivity contribution in [1.29, 1.82) is 0 Å². The Hall–Kier alpha value is -1.84. The largest absolute Gasteiger partial charge is 0.245 e. The lowest BCUT2D eigenvalue weighted by molar-refractivity contribution is 0.218. The molecule has 0 spiro atoms. The molecule has 1 unspecified atom stereocenters. The second-order valence-electron chi connectivity index (χ2n) is 10.2. The van der Waals surface area contributed by atoms with Crippen LogP contribution in [-0.2, 0) is 12.8 Å². The molecule has 9 heteroatoms. The fourth-order valence-corrected chi connectivity index (χ4v) is 7.48. The number of fused-ring (bicyclic) bond motifs is 8. The van der Waals surface area contributed by atoms with Crippen LogP contribution < -0.4 is 0 Å². The zero-order chi connectivity index (χ0) is 23.5. The minimum absolute atomic E-state index is 0.304. The van der Waals surface area contributed by atoms with E-state index in [4.69, 9.17) is 0 Å². The molecule has 0 fully saturated rings. The molecule has 5 rings (SSSR count). The van der Waals surface area contributed by atoms with Crippen molar-refractivity contribution in [3.05, 3.63) is 34.7 Å². The third-order valence-corrected chi connectivity index (χ3v) is 9.80. The highest BCUT2D eigenvalue weighted by molar-refractivity contribution is 7.99. The zero-order valence-corrected chi connectivity index (χ0v) is 22.4. The van der Waals surface area contributed by atoms with Crippen molar-refractivity contribution in [3.63, 3.8) is 0 Å². The summed E-state index contributed by atoms with van der Waals surface area (Å²) in [7, 11) is 0. The average molecular weight is 499 g/mol. The van der Waals surface area contributed by atoms with E-state index < -0.39 is 0 Å². The van der Waals surface area contributed by atoms with Crippen LogP contribution in [-0.4, -0.2) is 40.7 Å². The molecular formula is C24H30N6S3. The van der Waals surface area contributed by atoms with Gasteiger partial charge in [-0.05, 0) is 50.0 Å². The van der Waals surface area contributed by atoms with E-state index in [0.29, 0.717) is 11.3 Å². The molecule has 4 aromatic rings.